The van der Waals surface area contributed by atoms with Crippen molar-refractivity contribution in [1.29, 1.82) is 0 Å². The molecule has 4 N–H and O–H groups in total. The van der Waals surface area contributed by atoms with Gasteiger partial charge in [0.25, 0.3) is 0 Å². The van der Waals surface area contributed by atoms with Crippen LogP contribution in [0.25, 0.3) is 0 Å². The van der Waals surface area contributed by atoms with Gasteiger partial charge in [-0.05, 0) is 18.2 Å². The number of rotatable bonds is 2. The van der Waals surface area contributed by atoms with Gasteiger partial charge in [0.15, 0.2) is 0 Å². The van der Waals surface area contributed by atoms with E-state index in [0.29, 0.717) is 10.6 Å². The van der Waals surface area contributed by atoms with E-state index >= 15 is 0 Å². The van der Waals surface area contributed by atoms with E-state index in [1.54, 1.807) is 0 Å². The highest BCUT2D eigenvalue weighted by Gasteiger charge is 1.98. The van der Waals surface area contributed by atoms with Crippen molar-refractivity contribution in [2.24, 2.45) is 10.8 Å². The summed E-state index contributed by atoms with van der Waals surface area (Å²) >= 11 is 5.77. The average Bonchev–Trinajstić information content (AvgIpc) is 2.10. The van der Waals surface area contributed by atoms with Gasteiger partial charge in [-0.25, -0.2) is 10.2 Å². The number of aromatic hydroxyl groups is 1. The summed E-state index contributed by atoms with van der Waals surface area (Å²) in [5.74, 6) is 0.0647. The molecule has 0 radical (unpaired) electrons. The summed E-state index contributed by atoms with van der Waals surface area (Å²) < 4.78 is 0. The van der Waals surface area contributed by atoms with E-state index < -0.39 is 6.03 Å². The molecule has 0 unspecified atom stereocenters. The monoisotopic (exact) mass is 213 g/mol. The lowest BCUT2D eigenvalue weighted by Gasteiger charge is -1.98. The van der Waals surface area contributed by atoms with Crippen LogP contribution < -0.4 is 11.2 Å². The van der Waals surface area contributed by atoms with Crippen molar-refractivity contribution in [3.05, 3.63) is 28.8 Å². The summed E-state index contributed by atoms with van der Waals surface area (Å²) in [6, 6.07) is 3.61. The van der Waals surface area contributed by atoms with Crippen LogP contribution >= 0.6 is 11.6 Å². The van der Waals surface area contributed by atoms with Crippen molar-refractivity contribution < 1.29 is 9.90 Å². The van der Waals surface area contributed by atoms with Crippen molar-refractivity contribution in [3.63, 3.8) is 0 Å². The van der Waals surface area contributed by atoms with Gasteiger partial charge in [0, 0.05) is 10.6 Å². The number of urea groups is 1. The fourth-order valence-corrected chi connectivity index (χ4v) is 0.962. The van der Waals surface area contributed by atoms with Crippen LogP contribution in [0.2, 0.25) is 5.02 Å². The molecule has 1 rings (SSSR count). The van der Waals surface area contributed by atoms with E-state index in [4.69, 9.17) is 22.4 Å². The van der Waals surface area contributed by atoms with Crippen LogP contribution in [-0.4, -0.2) is 17.4 Å². The van der Waals surface area contributed by atoms with Gasteiger partial charge in [0.2, 0.25) is 0 Å². The lowest BCUT2D eigenvalue weighted by atomic mass is 10.2. The van der Waals surface area contributed by atoms with Crippen molar-refractivity contribution in [3.8, 4) is 5.75 Å². The van der Waals surface area contributed by atoms with Gasteiger partial charge in [-0.2, -0.15) is 5.10 Å². The molecule has 0 aromatic heterocycles. The van der Waals surface area contributed by atoms with Crippen LogP contribution in [0.5, 0.6) is 5.75 Å². The topological polar surface area (TPSA) is 87.7 Å². The molecule has 0 saturated heterocycles. The molecule has 2 amide bonds. The quantitative estimate of drug-likeness (QED) is 0.507. The Balaban J connectivity index is 2.80. The summed E-state index contributed by atoms with van der Waals surface area (Å²) in [6.07, 6.45) is 1.28. The zero-order valence-corrected chi connectivity index (χ0v) is 7.82. The lowest BCUT2D eigenvalue weighted by Crippen LogP contribution is -2.24. The number of phenolic OH excluding ortho intramolecular Hbond substituents is 1. The Hall–Kier alpha value is -1.75. The molecule has 0 saturated carbocycles. The number of carbonyl (C=O) groups excluding carboxylic acids is 1. The Kier molecular flexibility index (Phi) is 3.30. The Morgan fingerprint density at radius 1 is 1.64 bits per heavy atom. The fraction of sp³-hybridized carbons (Fsp3) is 0. The number of primary amides is 1. The van der Waals surface area contributed by atoms with Gasteiger partial charge in [-0.3, -0.25) is 0 Å². The summed E-state index contributed by atoms with van der Waals surface area (Å²) in [7, 11) is 0. The molecule has 0 fully saturated rings. The predicted molar refractivity (Wildman–Crippen MR) is 53.4 cm³/mol. The first kappa shape index (κ1) is 10.3. The molecule has 0 bridgehead atoms. The smallest absolute Gasteiger partial charge is 0.332 e. The highest BCUT2D eigenvalue weighted by molar-refractivity contribution is 6.33. The Morgan fingerprint density at radius 2 is 2.36 bits per heavy atom. The minimum absolute atomic E-state index is 0.0647. The van der Waals surface area contributed by atoms with Crippen molar-refractivity contribution in [1.82, 2.24) is 5.43 Å². The first-order valence-corrected chi connectivity index (χ1v) is 4.04. The highest BCUT2D eigenvalue weighted by Crippen LogP contribution is 2.19. The second kappa shape index (κ2) is 4.48. The van der Waals surface area contributed by atoms with Crippen molar-refractivity contribution in [2.75, 3.05) is 0 Å². The highest BCUT2D eigenvalue weighted by atomic mass is 35.5. The summed E-state index contributed by atoms with van der Waals surface area (Å²) in [6.45, 7) is 0. The van der Waals surface area contributed by atoms with Crippen molar-refractivity contribution in [2.45, 2.75) is 0 Å². The first-order valence-electron chi connectivity index (χ1n) is 3.66. The standard InChI is InChI=1S/C8H8ClN3O2/c9-7-2-1-6(13)3-5(7)4-11-12-8(10)14/h1-4,13H,(H3,10,12,14). The number of hydrogen-bond donors (Lipinski definition) is 3. The molecule has 6 heteroatoms. The molecule has 1 aromatic rings. The van der Waals surface area contributed by atoms with Crippen LogP contribution in [0.3, 0.4) is 0 Å². The molecule has 0 aliphatic carbocycles. The number of nitrogens with one attached hydrogen (secondary N) is 1. The number of benzene rings is 1. The predicted octanol–water partition coefficient (Wildman–Crippen LogP) is 1.05. The summed E-state index contributed by atoms with van der Waals surface area (Å²) in [4.78, 5) is 10.3. The fourth-order valence-electron chi connectivity index (χ4n) is 0.796. The van der Waals surface area contributed by atoms with Gasteiger partial charge >= 0.3 is 6.03 Å². The molecule has 0 aliphatic rings. The van der Waals surface area contributed by atoms with Crippen LogP contribution in [0.1, 0.15) is 5.56 Å². The third kappa shape index (κ3) is 2.95. The Labute approximate surface area is 85.2 Å². The van der Waals surface area contributed by atoms with E-state index in [9.17, 15) is 4.79 Å². The number of nitrogens with zero attached hydrogens (tertiary/aromatic N) is 1. The molecule has 1 aromatic carbocycles. The Bertz CT molecular complexity index is 379. The minimum atomic E-state index is -0.766. The largest absolute Gasteiger partial charge is 0.508 e. The second-order valence-corrected chi connectivity index (χ2v) is 2.85. The van der Waals surface area contributed by atoms with E-state index in [0.717, 1.165) is 0 Å². The maximum Gasteiger partial charge on any atom is 0.332 e. The number of hydrogen-bond acceptors (Lipinski definition) is 3. The van der Waals surface area contributed by atoms with Gasteiger partial charge in [0.1, 0.15) is 5.75 Å². The number of hydrazone groups is 1. The minimum Gasteiger partial charge on any atom is -0.508 e. The summed E-state index contributed by atoms with van der Waals surface area (Å²) in [5, 5.41) is 13.0. The van der Waals surface area contributed by atoms with Gasteiger partial charge in [-0.15, -0.1) is 0 Å². The number of phenols is 1. The van der Waals surface area contributed by atoms with Crippen molar-refractivity contribution >= 4 is 23.8 Å². The number of nitrogens with two attached hydrogens (primary N) is 1. The molecule has 0 spiro atoms. The van der Waals surface area contributed by atoms with Gasteiger partial charge < -0.3 is 10.8 Å². The number of halogens is 1. The zero-order chi connectivity index (χ0) is 10.6. The Morgan fingerprint density at radius 3 is 3.00 bits per heavy atom. The van der Waals surface area contributed by atoms with Gasteiger partial charge in [0.05, 0.1) is 6.21 Å². The third-order valence-corrected chi connectivity index (χ3v) is 1.70. The first-order chi connectivity index (χ1) is 6.59. The van der Waals surface area contributed by atoms with Crippen LogP contribution in [0.15, 0.2) is 23.3 Å². The molecule has 0 aliphatic heterocycles. The average molecular weight is 214 g/mol. The third-order valence-electron chi connectivity index (χ3n) is 1.36. The van der Waals surface area contributed by atoms with Gasteiger partial charge in [-0.1, -0.05) is 11.6 Å². The maximum atomic E-state index is 10.3. The molecular formula is C8H8ClN3O2. The second-order valence-electron chi connectivity index (χ2n) is 2.44. The maximum absolute atomic E-state index is 10.3. The van der Waals surface area contributed by atoms with Crippen LogP contribution in [0, 0.1) is 0 Å². The molecule has 5 nitrogen and oxygen atoms in total. The molecular weight excluding hydrogens is 206 g/mol. The van der Waals surface area contributed by atoms with E-state index in [1.807, 2.05) is 5.43 Å². The normalized spacial score (nSPS) is 10.4. The molecule has 0 atom stereocenters. The van der Waals surface area contributed by atoms with E-state index in [2.05, 4.69) is 5.10 Å². The SMILES string of the molecule is NC(=O)NN=Cc1cc(O)ccc1Cl. The molecule has 74 valence electrons. The number of amides is 2. The number of carbonyl (C=O) groups is 1. The van der Waals surface area contributed by atoms with Crippen LogP contribution in [-0.2, 0) is 0 Å². The van der Waals surface area contributed by atoms with Crippen LogP contribution in [0.4, 0.5) is 4.79 Å². The molecule has 0 heterocycles. The molecule has 14 heavy (non-hydrogen) atoms. The van der Waals surface area contributed by atoms with E-state index in [1.165, 1.54) is 24.4 Å². The van der Waals surface area contributed by atoms with E-state index in [-0.39, 0.29) is 5.75 Å². The zero-order valence-electron chi connectivity index (χ0n) is 7.07. The summed E-state index contributed by atoms with van der Waals surface area (Å²) in [5.41, 5.74) is 7.27. The lowest BCUT2D eigenvalue weighted by molar-refractivity contribution is 0.249.